The van der Waals surface area contributed by atoms with E-state index in [0.29, 0.717) is 31.3 Å². The maximum atomic E-state index is 12.7. The molecule has 0 bridgehead atoms. The zero-order valence-corrected chi connectivity index (χ0v) is 14.1. The number of morpholine rings is 1. The lowest BCUT2D eigenvalue weighted by Crippen LogP contribution is -2.44. The molecule has 7 heteroatoms. The minimum atomic E-state index is -0.265. The van der Waals surface area contributed by atoms with Gasteiger partial charge in [-0.3, -0.25) is 4.79 Å². The fourth-order valence-corrected chi connectivity index (χ4v) is 2.98. The number of amides is 1. The molecule has 1 atom stereocenters. The number of nitrogens with one attached hydrogen (secondary N) is 1. The van der Waals surface area contributed by atoms with Gasteiger partial charge in [0.2, 0.25) is 5.91 Å². The Morgan fingerprint density at radius 1 is 1.36 bits per heavy atom. The molecule has 0 spiro atoms. The van der Waals surface area contributed by atoms with Gasteiger partial charge in [-0.25, -0.2) is 9.97 Å². The number of furan rings is 1. The van der Waals surface area contributed by atoms with Crippen LogP contribution in [-0.4, -0.2) is 47.1 Å². The number of hydrogen-bond acceptors (Lipinski definition) is 6. The summed E-state index contributed by atoms with van der Waals surface area (Å²) in [4.78, 5) is 23.5. The molecular formula is C18H22N4O3. The van der Waals surface area contributed by atoms with E-state index in [-0.39, 0.29) is 18.4 Å². The number of carbonyl (C=O) groups excluding carboxylic acids is 1. The maximum absolute atomic E-state index is 12.7. The first kappa shape index (κ1) is 16.1. The zero-order chi connectivity index (χ0) is 17.1. The summed E-state index contributed by atoms with van der Waals surface area (Å²) in [6, 6.07) is 5.20. The third-order valence-corrected chi connectivity index (χ3v) is 4.60. The highest BCUT2D eigenvalue weighted by molar-refractivity contribution is 5.78. The summed E-state index contributed by atoms with van der Waals surface area (Å²) in [6.45, 7) is 2.42. The Morgan fingerprint density at radius 2 is 2.28 bits per heavy atom. The van der Waals surface area contributed by atoms with Crippen LogP contribution in [0.1, 0.15) is 30.5 Å². The summed E-state index contributed by atoms with van der Waals surface area (Å²) >= 11 is 0. The van der Waals surface area contributed by atoms with Crippen molar-refractivity contribution in [2.45, 2.75) is 25.3 Å². The predicted molar refractivity (Wildman–Crippen MR) is 90.9 cm³/mol. The Hall–Kier alpha value is -2.41. The van der Waals surface area contributed by atoms with Crippen molar-refractivity contribution in [3.63, 3.8) is 0 Å². The van der Waals surface area contributed by atoms with Gasteiger partial charge in [-0.05, 0) is 37.0 Å². The molecular weight excluding hydrogens is 320 g/mol. The molecule has 1 saturated carbocycles. The smallest absolute Gasteiger partial charge is 0.230 e. The van der Waals surface area contributed by atoms with Crippen molar-refractivity contribution in [2.24, 2.45) is 5.92 Å². The van der Waals surface area contributed by atoms with Crippen molar-refractivity contribution in [2.75, 3.05) is 31.6 Å². The van der Waals surface area contributed by atoms with Gasteiger partial charge in [0.25, 0.3) is 0 Å². The molecule has 2 aliphatic rings. The average molecular weight is 342 g/mol. The van der Waals surface area contributed by atoms with Crippen LogP contribution in [-0.2, 0) is 16.0 Å². The lowest BCUT2D eigenvalue weighted by Gasteiger charge is -2.34. The zero-order valence-electron chi connectivity index (χ0n) is 14.1. The minimum absolute atomic E-state index is 0.00296. The number of nitrogens with zero attached hydrogens (tertiary/aromatic N) is 3. The normalized spacial score (nSPS) is 20.5. The minimum Gasteiger partial charge on any atom is -0.469 e. The Kier molecular flexibility index (Phi) is 4.65. The highest BCUT2D eigenvalue weighted by atomic mass is 16.5. The van der Waals surface area contributed by atoms with E-state index >= 15 is 0 Å². The van der Waals surface area contributed by atoms with Gasteiger partial charge in [0.1, 0.15) is 17.6 Å². The highest BCUT2D eigenvalue weighted by Crippen LogP contribution is 2.29. The maximum Gasteiger partial charge on any atom is 0.230 e. The van der Waals surface area contributed by atoms with Crippen molar-refractivity contribution in [1.29, 1.82) is 0 Å². The SMILES string of the molecule is O=C(Cc1ccco1)N1CCOC[C@H]1c1nccc(NCC2CC2)n1. The van der Waals surface area contributed by atoms with Crippen LogP contribution in [0.15, 0.2) is 35.1 Å². The summed E-state index contributed by atoms with van der Waals surface area (Å²) in [5.41, 5.74) is 0. The Balaban J connectivity index is 1.47. The van der Waals surface area contributed by atoms with Crippen molar-refractivity contribution in [3.8, 4) is 0 Å². The molecule has 132 valence electrons. The van der Waals surface area contributed by atoms with E-state index in [0.717, 1.165) is 18.3 Å². The molecule has 4 rings (SSSR count). The lowest BCUT2D eigenvalue weighted by atomic mass is 10.1. The van der Waals surface area contributed by atoms with Crippen LogP contribution >= 0.6 is 0 Å². The van der Waals surface area contributed by atoms with Gasteiger partial charge in [0.15, 0.2) is 5.82 Å². The van der Waals surface area contributed by atoms with E-state index in [4.69, 9.17) is 9.15 Å². The molecule has 0 radical (unpaired) electrons. The van der Waals surface area contributed by atoms with Gasteiger partial charge in [-0.1, -0.05) is 0 Å². The fraction of sp³-hybridized carbons (Fsp3) is 0.500. The fourth-order valence-electron chi connectivity index (χ4n) is 2.98. The standard InChI is InChI=1S/C18H22N4O3/c23-17(10-14-2-1-8-25-14)22-7-9-24-12-15(22)18-19-6-5-16(21-18)20-11-13-3-4-13/h1-2,5-6,8,13,15H,3-4,7,9-12H2,(H,19,20,21)/t15-/m0/s1. The third kappa shape index (κ3) is 3.99. The second-order valence-corrected chi connectivity index (χ2v) is 6.56. The molecule has 2 aromatic rings. The van der Waals surface area contributed by atoms with Gasteiger partial charge < -0.3 is 19.4 Å². The van der Waals surface area contributed by atoms with Crippen molar-refractivity contribution in [3.05, 3.63) is 42.2 Å². The third-order valence-electron chi connectivity index (χ3n) is 4.60. The van der Waals surface area contributed by atoms with Gasteiger partial charge in [0.05, 0.1) is 25.9 Å². The molecule has 7 nitrogen and oxygen atoms in total. The van der Waals surface area contributed by atoms with Crippen molar-refractivity contribution < 1.29 is 13.9 Å². The highest BCUT2D eigenvalue weighted by Gasteiger charge is 2.31. The van der Waals surface area contributed by atoms with Gasteiger partial charge >= 0.3 is 0 Å². The monoisotopic (exact) mass is 342 g/mol. The van der Waals surface area contributed by atoms with Crippen LogP contribution in [0.3, 0.4) is 0 Å². The van der Waals surface area contributed by atoms with Crippen LogP contribution < -0.4 is 5.32 Å². The average Bonchev–Trinajstić information content (AvgIpc) is 3.35. The largest absolute Gasteiger partial charge is 0.469 e. The summed E-state index contributed by atoms with van der Waals surface area (Å²) in [7, 11) is 0. The molecule has 0 aromatic carbocycles. The van der Waals surface area contributed by atoms with Gasteiger partial charge in [-0.2, -0.15) is 0 Å². The molecule has 0 unspecified atom stereocenters. The van der Waals surface area contributed by atoms with E-state index in [1.54, 1.807) is 23.4 Å². The first-order chi connectivity index (χ1) is 12.3. The van der Waals surface area contributed by atoms with Crippen LogP contribution in [0.5, 0.6) is 0 Å². The van der Waals surface area contributed by atoms with Gasteiger partial charge in [0, 0.05) is 19.3 Å². The molecule has 1 N–H and O–H groups in total. The second-order valence-electron chi connectivity index (χ2n) is 6.56. The first-order valence-corrected chi connectivity index (χ1v) is 8.76. The van der Waals surface area contributed by atoms with Crippen LogP contribution in [0.25, 0.3) is 0 Å². The topological polar surface area (TPSA) is 80.5 Å². The van der Waals surface area contributed by atoms with E-state index in [1.165, 1.54) is 12.8 Å². The van der Waals surface area contributed by atoms with Crippen molar-refractivity contribution >= 4 is 11.7 Å². The molecule has 2 aromatic heterocycles. The van der Waals surface area contributed by atoms with Crippen LogP contribution in [0, 0.1) is 5.92 Å². The number of aromatic nitrogens is 2. The molecule has 25 heavy (non-hydrogen) atoms. The molecule has 2 fully saturated rings. The number of ether oxygens (including phenoxy) is 1. The molecule has 1 amide bonds. The summed E-state index contributed by atoms with van der Waals surface area (Å²) in [6.07, 6.45) is 6.13. The van der Waals surface area contributed by atoms with E-state index in [9.17, 15) is 4.79 Å². The van der Waals surface area contributed by atoms with Crippen LogP contribution in [0.4, 0.5) is 5.82 Å². The second kappa shape index (κ2) is 7.23. The molecule has 3 heterocycles. The molecule has 1 aliphatic carbocycles. The summed E-state index contributed by atoms with van der Waals surface area (Å²) in [5, 5.41) is 3.36. The number of anilines is 1. The van der Waals surface area contributed by atoms with Crippen molar-refractivity contribution in [1.82, 2.24) is 14.9 Å². The van der Waals surface area contributed by atoms with E-state index < -0.39 is 0 Å². The van der Waals surface area contributed by atoms with Crippen LogP contribution in [0.2, 0.25) is 0 Å². The predicted octanol–water partition coefficient (Wildman–Crippen LogP) is 2.03. The first-order valence-electron chi connectivity index (χ1n) is 8.76. The Morgan fingerprint density at radius 3 is 3.08 bits per heavy atom. The summed E-state index contributed by atoms with van der Waals surface area (Å²) in [5.74, 6) is 2.86. The van der Waals surface area contributed by atoms with E-state index in [1.807, 2.05) is 12.1 Å². The van der Waals surface area contributed by atoms with Gasteiger partial charge in [-0.15, -0.1) is 0 Å². The quantitative estimate of drug-likeness (QED) is 0.865. The summed E-state index contributed by atoms with van der Waals surface area (Å²) < 4.78 is 10.9. The molecule has 1 saturated heterocycles. The lowest BCUT2D eigenvalue weighted by molar-refractivity contribution is -0.140. The Labute approximate surface area is 146 Å². The molecule has 1 aliphatic heterocycles. The van der Waals surface area contributed by atoms with E-state index in [2.05, 4.69) is 15.3 Å². The number of hydrogen-bond donors (Lipinski definition) is 1. The number of carbonyl (C=O) groups is 1. The Bertz CT molecular complexity index is 715. The number of rotatable bonds is 6.